The van der Waals surface area contributed by atoms with Crippen LogP contribution in [0.5, 0.6) is 0 Å². The molecule has 4 atom stereocenters. The lowest BCUT2D eigenvalue weighted by Gasteiger charge is -2.35. The molecule has 0 spiro atoms. The van der Waals surface area contributed by atoms with Gasteiger partial charge in [0, 0.05) is 12.1 Å². The molecular formula is C16H18N2O3S. The molecule has 3 aliphatic rings. The Labute approximate surface area is 133 Å². The van der Waals surface area contributed by atoms with Crippen molar-refractivity contribution in [3.8, 4) is 0 Å². The first-order valence-corrected chi connectivity index (χ1v) is 8.86. The minimum Gasteiger partial charge on any atom is -0.322 e. The molecule has 22 heavy (non-hydrogen) atoms. The van der Waals surface area contributed by atoms with Crippen molar-refractivity contribution in [2.24, 2.45) is 11.8 Å². The van der Waals surface area contributed by atoms with Gasteiger partial charge in [-0.2, -0.15) is 0 Å². The highest BCUT2D eigenvalue weighted by Gasteiger charge is 2.49. The van der Waals surface area contributed by atoms with Gasteiger partial charge in [-0.3, -0.25) is 14.9 Å². The van der Waals surface area contributed by atoms with E-state index in [0.717, 1.165) is 12.3 Å². The van der Waals surface area contributed by atoms with Crippen molar-refractivity contribution in [3.05, 3.63) is 39.9 Å². The average molecular weight is 318 g/mol. The van der Waals surface area contributed by atoms with E-state index in [2.05, 4.69) is 0 Å². The van der Waals surface area contributed by atoms with Gasteiger partial charge in [0.1, 0.15) is 5.37 Å². The molecule has 5 nitrogen and oxygen atoms in total. The number of thioether (sulfide) groups is 1. The summed E-state index contributed by atoms with van der Waals surface area (Å²) in [5.74, 6) is 1.92. The molecule has 2 bridgehead atoms. The van der Waals surface area contributed by atoms with E-state index in [1.54, 1.807) is 12.1 Å². The number of amides is 1. The van der Waals surface area contributed by atoms with Crippen molar-refractivity contribution >= 4 is 23.4 Å². The number of carbonyl (C=O) groups is 1. The van der Waals surface area contributed by atoms with Crippen molar-refractivity contribution in [2.75, 3.05) is 5.75 Å². The summed E-state index contributed by atoms with van der Waals surface area (Å²) in [4.78, 5) is 25.4. The number of para-hydroxylation sites is 1. The van der Waals surface area contributed by atoms with Gasteiger partial charge in [0.15, 0.2) is 0 Å². The molecule has 6 heteroatoms. The molecule has 2 aliphatic carbocycles. The molecule has 1 aliphatic heterocycles. The minimum atomic E-state index is -0.336. The number of carbonyl (C=O) groups excluding carboxylic acids is 1. The van der Waals surface area contributed by atoms with Crippen molar-refractivity contribution in [3.63, 3.8) is 0 Å². The van der Waals surface area contributed by atoms with Crippen LogP contribution in [0.4, 0.5) is 5.69 Å². The molecular weight excluding hydrogens is 300 g/mol. The first-order valence-electron chi connectivity index (χ1n) is 7.81. The molecule has 0 radical (unpaired) electrons. The highest BCUT2D eigenvalue weighted by molar-refractivity contribution is 8.00. The van der Waals surface area contributed by atoms with Crippen LogP contribution < -0.4 is 0 Å². The van der Waals surface area contributed by atoms with Gasteiger partial charge in [-0.05, 0) is 37.2 Å². The molecule has 116 valence electrons. The van der Waals surface area contributed by atoms with Gasteiger partial charge < -0.3 is 4.90 Å². The predicted molar refractivity (Wildman–Crippen MR) is 84.4 cm³/mol. The molecule has 0 unspecified atom stereocenters. The second-order valence-electron chi connectivity index (χ2n) is 6.52. The summed E-state index contributed by atoms with van der Waals surface area (Å²) < 4.78 is 0. The second kappa shape index (κ2) is 5.26. The Kier molecular flexibility index (Phi) is 3.36. The standard InChI is InChI=1S/C16H18N2O3S/c19-15-9-22-16(12-3-1-2-4-13(12)18(20)21)17(15)14-8-10-5-6-11(14)7-10/h1-4,10-11,14,16H,5-9H2/t10-,11-,14-,16-/m1/s1. The van der Waals surface area contributed by atoms with Crippen LogP contribution >= 0.6 is 11.8 Å². The van der Waals surface area contributed by atoms with E-state index in [9.17, 15) is 14.9 Å². The van der Waals surface area contributed by atoms with Crippen molar-refractivity contribution in [1.82, 2.24) is 4.90 Å². The molecule has 4 rings (SSSR count). The second-order valence-corrected chi connectivity index (χ2v) is 7.59. The number of nitrogens with zero attached hydrogens (tertiary/aromatic N) is 2. The van der Waals surface area contributed by atoms with Gasteiger partial charge in [-0.1, -0.05) is 18.6 Å². The molecule has 2 saturated carbocycles. The minimum absolute atomic E-state index is 0.128. The topological polar surface area (TPSA) is 63.4 Å². The van der Waals surface area contributed by atoms with Gasteiger partial charge in [0.2, 0.25) is 5.91 Å². The maximum atomic E-state index is 12.4. The number of rotatable bonds is 3. The predicted octanol–water partition coefficient (Wildman–Crippen LogP) is 3.36. The van der Waals surface area contributed by atoms with Gasteiger partial charge in [-0.15, -0.1) is 11.8 Å². The number of nitro benzene ring substituents is 1. The quantitative estimate of drug-likeness (QED) is 0.633. The summed E-state index contributed by atoms with van der Waals surface area (Å²) >= 11 is 1.53. The van der Waals surface area contributed by atoms with Gasteiger partial charge in [0.05, 0.1) is 16.2 Å². The Morgan fingerprint density at radius 3 is 2.73 bits per heavy atom. The summed E-state index contributed by atoms with van der Waals surface area (Å²) in [6, 6.07) is 7.13. The van der Waals surface area contributed by atoms with E-state index in [1.165, 1.54) is 37.1 Å². The van der Waals surface area contributed by atoms with Gasteiger partial charge in [0.25, 0.3) is 5.69 Å². The van der Waals surface area contributed by atoms with Crippen LogP contribution in [0, 0.1) is 22.0 Å². The smallest absolute Gasteiger partial charge is 0.275 e. The fourth-order valence-electron chi connectivity index (χ4n) is 4.45. The zero-order valence-electron chi connectivity index (χ0n) is 12.2. The van der Waals surface area contributed by atoms with Crippen molar-refractivity contribution in [2.45, 2.75) is 37.1 Å². The summed E-state index contributed by atoms with van der Waals surface area (Å²) in [5, 5.41) is 11.1. The van der Waals surface area contributed by atoms with E-state index < -0.39 is 0 Å². The van der Waals surface area contributed by atoms with E-state index in [-0.39, 0.29) is 27.9 Å². The zero-order valence-corrected chi connectivity index (χ0v) is 13.0. The van der Waals surface area contributed by atoms with Crippen LogP contribution in [0.1, 0.15) is 36.6 Å². The molecule has 3 fully saturated rings. The van der Waals surface area contributed by atoms with Crippen LogP contribution in [-0.4, -0.2) is 27.5 Å². The van der Waals surface area contributed by atoms with Crippen molar-refractivity contribution in [1.29, 1.82) is 0 Å². The summed E-state index contributed by atoms with van der Waals surface area (Å²) in [7, 11) is 0. The van der Waals surface area contributed by atoms with Gasteiger partial charge >= 0.3 is 0 Å². The van der Waals surface area contributed by atoms with Crippen LogP contribution in [0.15, 0.2) is 24.3 Å². The first kappa shape index (κ1) is 14.1. The van der Waals surface area contributed by atoms with E-state index in [0.29, 0.717) is 17.2 Å². The van der Waals surface area contributed by atoms with Crippen LogP contribution in [0.25, 0.3) is 0 Å². The van der Waals surface area contributed by atoms with E-state index >= 15 is 0 Å². The van der Waals surface area contributed by atoms with E-state index in [1.807, 2.05) is 11.0 Å². The average Bonchev–Trinajstić information content (AvgIpc) is 3.21. The number of nitro groups is 1. The molecule has 1 aromatic carbocycles. The Bertz CT molecular complexity index is 636. The maximum absolute atomic E-state index is 12.4. The molecule has 1 amide bonds. The monoisotopic (exact) mass is 318 g/mol. The first-order chi connectivity index (χ1) is 10.6. The SMILES string of the molecule is O=C1CS[C@H](c2ccccc2[N+](=O)[O-])N1[C@@H]1C[C@@H]2CC[C@@H]1C2. The third-order valence-electron chi connectivity index (χ3n) is 5.36. The Morgan fingerprint density at radius 2 is 2.05 bits per heavy atom. The summed E-state index contributed by atoms with van der Waals surface area (Å²) in [5.41, 5.74) is 0.800. The fraction of sp³-hybridized carbons (Fsp3) is 0.562. The molecule has 1 aromatic rings. The number of hydrogen-bond acceptors (Lipinski definition) is 4. The Hall–Kier alpha value is -1.56. The lowest BCUT2D eigenvalue weighted by Crippen LogP contribution is -2.41. The highest BCUT2D eigenvalue weighted by Crippen LogP contribution is 2.52. The molecule has 1 heterocycles. The highest BCUT2D eigenvalue weighted by atomic mass is 32.2. The van der Waals surface area contributed by atoms with Crippen LogP contribution in [-0.2, 0) is 4.79 Å². The normalized spacial score (nSPS) is 33.6. The van der Waals surface area contributed by atoms with Crippen LogP contribution in [0.3, 0.4) is 0 Å². The van der Waals surface area contributed by atoms with Crippen LogP contribution in [0.2, 0.25) is 0 Å². The third-order valence-corrected chi connectivity index (χ3v) is 6.57. The number of benzene rings is 1. The molecule has 0 N–H and O–H groups in total. The Morgan fingerprint density at radius 1 is 1.23 bits per heavy atom. The zero-order chi connectivity index (χ0) is 15.3. The Balaban J connectivity index is 1.69. The fourth-order valence-corrected chi connectivity index (χ4v) is 5.71. The lowest BCUT2D eigenvalue weighted by molar-refractivity contribution is -0.385. The third kappa shape index (κ3) is 2.12. The maximum Gasteiger partial charge on any atom is 0.275 e. The van der Waals surface area contributed by atoms with Gasteiger partial charge in [-0.25, -0.2) is 0 Å². The summed E-state index contributed by atoms with van der Waals surface area (Å²) in [6.07, 6.45) is 4.79. The lowest BCUT2D eigenvalue weighted by atomic mass is 9.93. The number of fused-ring (bicyclic) bond motifs is 2. The molecule has 0 aromatic heterocycles. The van der Waals surface area contributed by atoms with Crippen molar-refractivity contribution < 1.29 is 9.72 Å². The van der Waals surface area contributed by atoms with E-state index in [4.69, 9.17) is 0 Å². The summed E-state index contributed by atoms with van der Waals surface area (Å²) in [6.45, 7) is 0. The number of hydrogen-bond donors (Lipinski definition) is 0. The molecule has 1 saturated heterocycles. The largest absolute Gasteiger partial charge is 0.322 e.